The van der Waals surface area contributed by atoms with Gasteiger partial charge in [-0.25, -0.2) is 14.5 Å². The summed E-state index contributed by atoms with van der Waals surface area (Å²) in [5, 5.41) is -1.34. The van der Waals surface area contributed by atoms with Crippen LogP contribution in [0, 0.1) is 0 Å². The van der Waals surface area contributed by atoms with Gasteiger partial charge in [0, 0.05) is 25.8 Å². The van der Waals surface area contributed by atoms with Crippen molar-refractivity contribution in [2.24, 2.45) is 0 Å². The van der Waals surface area contributed by atoms with Crippen molar-refractivity contribution in [1.82, 2.24) is 9.80 Å². The fourth-order valence-corrected chi connectivity index (χ4v) is 7.16. The van der Waals surface area contributed by atoms with Crippen molar-refractivity contribution in [2.45, 2.75) is 110 Å². The Bertz CT molecular complexity index is 828. The standard InChI is InChI=1S/C26H49N2O8P/c1-12-33-37(32)18-17-27(11)19-26(37,20(29)34-23(2,3)4)15-13-14-16-28(21(30)35-24(5,6)7)22(31)36-25(8,9)10/h12-19H2,1-11H3. The number of hydrogen-bond acceptors (Lipinski definition) is 9. The first-order valence-corrected chi connectivity index (χ1v) is 14.8. The van der Waals surface area contributed by atoms with E-state index in [0.29, 0.717) is 19.4 Å². The number of amides is 2. The van der Waals surface area contributed by atoms with Crippen LogP contribution >= 0.6 is 7.37 Å². The van der Waals surface area contributed by atoms with Crippen molar-refractivity contribution in [1.29, 1.82) is 0 Å². The van der Waals surface area contributed by atoms with Crippen LogP contribution in [0.4, 0.5) is 9.59 Å². The molecule has 0 bridgehead atoms. The van der Waals surface area contributed by atoms with E-state index < -0.39 is 47.5 Å². The molecule has 10 nitrogen and oxygen atoms in total. The maximum absolute atomic E-state index is 14.1. The Labute approximate surface area is 223 Å². The molecule has 1 aliphatic rings. The van der Waals surface area contributed by atoms with Crippen molar-refractivity contribution in [3.63, 3.8) is 0 Å². The first-order valence-electron chi connectivity index (χ1n) is 13.0. The zero-order valence-corrected chi connectivity index (χ0v) is 25.7. The molecule has 0 saturated carbocycles. The molecule has 0 aromatic carbocycles. The summed E-state index contributed by atoms with van der Waals surface area (Å²) in [6.45, 7) is 18.4. The van der Waals surface area contributed by atoms with Gasteiger partial charge in [-0.05, 0) is 95.5 Å². The number of rotatable bonds is 8. The van der Waals surface area contributed by atoms with E-state index in [1.165, 1.54) is 0 Å². The van der Waals surface area contributed by atoms with Crippen LogP contribution in [0.5, 0.6) is 0 Å². The number of carbonyl (C=O) groups excluding carboxylic acids is 3. The van der Waals surface area contributed by atoms with Crippen molar-refractivity contribution in [2.75, 3.05) is 39.5 Å². The lowest BCUT2D eigenvalue weighted by Gasteiger charge is -2.45. The number of imide groups is 1. The van der Waals surface area contributed by atoms with E-state index in [9.17, 15) is 18.9 Å². The fraction of sp³-hybridized carbons (Fsp3) is 0.885. The summed E-state index contributed by atoms with van der Waals surface area (Å²) < 4.78 is 36.5. The third-order valence-corrected chi connectivity index (χ3v) is 8.84. The molecule has 0 N–H and O–H groups in total. The number of ether oxygens (including phenoxy) is 3. The number of hydrogen-bond donors (Lipinski definition) is 0. The highest BCUT2D eigenvalue weighted by Gasteiger charge is 2.58. The zero-order valence-electron chi connectivity index (χ0n) is 24.8. The van der Waals surface area contributed by atoms with Gasteiger partial charge in [0.05, 0.1) is 6.61 Å². The Balaban J connectivity index is 3.17. The number of carbonyl (C=O) groups is 3. The monoisotopic (exact) mass is 548 g/mol. The van der Waals surface area contributed by atoms with Gasteiger partial charge in [0.25, 0.3) is 0 Å². The predicted octanol–water partition coefficient (Wildman–Crippen LogP) is 5.67. The largest absolute Gasteiger partial charge is 0.459 e. The highest BCUT2D eigenvalue weighted by Crippen LogP contribution is 2.63. The molecule has 0 aromatic rings. The summed E-state index contributed by atoms with van der Waals surface area (Å²) in [6.07, 6.45) is -0.397. The van der Waals surface area contributed by atoms with Gasteiger partial charge in [0.2, 0.25) is 7.37 Å². The molecule has 1 heterocycles. The molecule has 1 fully saturated rings. The van der Waals surface area contributed by atoms with Crippen molar-refractivity contribution in [3.8, 4) is 0 Å². The van der Waals surface area contributed by atoms with Gasteiger partial charge in [0.1, 0.15) is 16.8 Å². The topological polar surface area (TPSA) is 112 Å². The Morgan fingerprint density at radius 3 is 1.78 bits per heavy atom. The molecule has 0 spiro atoms. The lowest BCUT2D eigenvalue weighted by atomic mass is 9.99. The van der Waals surface area contributed by atoms with Gasteiger partial charge in [-0.15, -0.1) is 0 Å². The minimum absolute atomic E-state index is 0.0169. The summed E-state index contributed by atoms with van der Waals surface area (Å²) in [7, 11) is -1.53. The van der Waals surface area contributed by atoms with E-state index in [2.05, 4.69) is 0 Å². The molecule has 1 aliphatic heterocycles. The van der Waals surface area contributed by atoms with Gasteiger partial charge in [-0.2, -0.15) is 0 Å². The van der Waals surface area contributed by atoms with E-state index in [1.54, 1.807) is 69.2 Å². The Hall–Kier alpha value is -1.64. The molecule has 0 aliphatic carbocycles. The smallest absolute Gasteiger partial charge is 0.419 e. The third-order valence-electron chi connectivity index (χ3n) is 5.53. The molecular weight excluding hydrogens is 499 g/mol. The maximum atomic E-state index is 14.1. The number of esters is 1. The Morgan fingerprint density at radius 2 is 1.35 bits per heavy atom. The molecular formula is C26H49N2O8P. The van der Waals surface area contributed by atoms with Crippen LogP contribution in [-0.4, -0.2) is 89.4 Å². The first kappa shape index (κ1) is 33.4. The normalized spacial score (nSPS) is 23.3. The lowest BCUT2D eigenvalue weighted by molar-refractivity contribution is -0.159. The Morgan fingerprint density at radius 1 is 0.865 bits per heavy atom. The Kier molecular flexibility index (Phi) is 11.3. The molecule has 1 rings (SSSR count). The molecule has 216 valence electrons. The average molecular weight is 549 g/mol. The van der Waals surface area contributed by atoms with Crippen molar-refractivity contribution >= 4 is 25.5 Å². The predicted molar refractivity (Wildman–Crippen MR) is 143 cm³/mol. The van der Waals surface area contributed by atoms with Gasteiger partial charge in [-0.3, -0.25) is 9.36 Å². The minimum atomic E-state index is -3.41. The average Bonchev–Trinajstić information content (AvgIpc) is 2.66. The highest BCUT2D eigenvalue weighted by atomic mass is 31.2. The van der Waals surface area contributed by atoms with Crippen LogP contribution in [0.15, 0.2) is 0 Å². The second kappa shape index (κ2) is 12.5. The SMILES string of the molecule is CCOP1(=O)CCN(C)CC1(CCCCN(C(=O)OC(C)(C)C)C(=O)OC(C)(C)C)C(=O)OC(C)(C)C. The molecule has 2 unspecified atom stereocenters. The molecule has 0 aromatic heterocycles. The van der Waals surface area contributed by atoms with Gasteiger partial charge in [-0.1, -0.05) is 0 Å². The molecule has 37 heavy (non-hydrogen) atoms. The summed E-state index contributed by atoms with van der Waals surface area (Å²) in [6, 6.07) is 0. The molecule has 11 heteroatoms. The molecule has 2 atom stereocenters. The van der Waals surface area contributed by atoms with Crippen LogP contribution in [0.2, 0.25) is 0 Å². The van der Waals surface area contributed by atoms with Crippen LogP contribution < -0.4 is 0 Å². The van der Waals surface area contributed by atoms with E-state index in [4.69, 9.17) is 18.7 Å². The number of nitrogens with zero attached hydrogens (tertiary/aromatic N) is 2. The van der Waals surface area contributed by atoms with Gasteiger partial charge < -0.3 is 23.6 Å². The summed E-state index contributed by atoms with van der Waals surface area (Å²) in [5.74, 6) is -0.542. The molecule has 2 amide bonds. The fourth-order valence-electron chi connectivity index (χ4n) is 4.05. The second-order valence-electron chi connectivity index (χ2n) is 12.7. The number of unbranched alkanes of at least 4 members (excludes halogenated alkanes) is 1. The van der Waals surface area contributed by atoms with Crippen LogP contribution in [0.1, 0.15) is 88.5 Å². The second-order valence-corrected chi connectivity index (χ2v) is 15.6. The van der Waals surface area contributed by atoms with Crippen molar-refractivity contribution in [3.05, 3.63) is 0 Å². The van der Waals surface area contributed by atoms with Crippen molar-refractivity contribution < 1.29 is 37.7 Å². The van der Waals surface area contributed by atoms with Gasteiger partial charge in [0.15, 0.2) is 5.16 Å². The highest BCUT2D eigenvalue weighted by molar-refractivity contribution is 7.62. The maximum Gasteiger partial charge on any atom is 0.419 e. The zero-order chi connectivity index (χ0) is 28.9. The molecule has 1 saturated heterocycles. The van der Waals surface area contributed by atoms with E-state index in [0.717, 1.165) is 4.90 Å². The molecule has 0 radical (unpaired) electrons. The van der Waals surface area contributed by atoms with E-state index in [1.807, 2.05) is 11.9 Å². The minimum Gasteiger partial charge on any atom is -0.459 e. The summed E-state index contributed by atoms with van der Waals surface area (Å²) in [5.41, 5.74) is -2.36. The quantitative estimate of drug-likeness (QED) is 0.164. The third kappa shape index (κ3) is 10.2. The summed E-state index contributed by atoms with van der Waals surface area (Å²) in [4.78, 5) is 42.1. The first-order chi connectivity index (χ1) is 16.6. The lowest BCUT2D eigenvalue weighted by Crippen LogP contribution is -2.55. The van der Waals surface area contributed by atoms with Crippen LogP contribution in [0.25, 0.3) is 0 Å². The van der Waals surface area contributed by atoms with E-state index >= 15 is 0 Å². The van der Waals surface area contributed by atoms with Crippen LogP contribution in [-0.2, 0) is 28.1 Å². The van der Waals surface area contributed by atoms with Gasteiger partial charge >= 0.3 is 18.2 Å². The summed E-state index contributed by atoms with van der Waals surface area (Å²) >= 11 is 0. The van der Waals surface area contributed by atoms with Crippen LogP contribution in [0.3, 0.4) is 0 Å². The van der Waals surface area contributed by atoms with E-state index in [-0.39, 0.29) is 32.3 Å².